The van der Waals surface area contributed by atoms with Crippen LogP contribution in [0.1, 0.15) is 34.8 Å². The molecule has 0 aromatic carbocycles. The van der Waals surface area contributed by atoms with Gasteiger partial charge in [0.25, 0.3) is 0 Å². The van der Waals surface area contributed by atoms with E-state index >= 15 is 0 Å². The van der Waals surface area contributed by atoms with Crippen LogP contribution in [0.5, 0.6) is 0 Å². The van der Waals surface area contributed by atoms with Gasteiger partial charge in [-0.3, -0.25) is 0 Å². The first-order valence-corrected chi connectivity index (χ1v) is 4.92. The number of carbonyl (C=O) groups is 1. The van der Waals surface area contributed by atoms with Gasteiger partial charge in [-0.25, -0.2) is 9.78 Å². The molecule has 5 nitrogen and oxygen atoms in total. The normalized spacial score (nSPS) is 14.3. The monoisotopic (exact) mass is 205 g/mol. The summed E-state index contributed by atoms with van der Waals surface area (Å²) < 4.78 is 1.89. The van der Waals surface area contributed by atoms with Crippen molar-refractivity contribution in [2.45, 2.75) is 32.2 Å². The molecule has 0 saturated heterocycles. The number of carboxylic acids is 1. The molecular formula is C10H11N3O2. The standard InChI is InChI=1S/C10H11N3O2/c11-5-4-8-12-9(10(14)15)7-3-1-2-6-13(7)8/h1-4,6H2,(H,14,15). The van der Waals surface area contributed by atoms with Crippen LogP contribution in [-0.2, 0) is 19.4 Å². The minimum atomic E-state index is -0.996. The van der Waals surface area contributed by atoms with Crippen molar-refractivity contribution < 1.29 is 9.90 Å². The van der Waals surface area contributed by atoms with E-state index in [4.69, 9.17) is 10.4 Å². The summed E-state index contributed by atoms with van der Waals surface area (Å²) in [7, 11) is 0. The number of fused-ring (bicyclic) bond motifs is 1. The van der Waals surface area contributed by atoms with Crippen LogP contribution in [0.2, 0.25) is 0 Å². The van der Waals surface area contributed by atoms with Gasteiger partial charge in [-0.2, -0.15) is 5.26 Å². The molecule has 1 N–H and O–H groups in total. The zero-order valence-corrected chi connectivity index (χ0v) is 8.23. The third kappa shape index (κ3) is 1.59. The van der Waals surface area contributed by atoms with Crippen molar-refractivity contribution in [3.8, 4) is 6.07 Å². The fourth-order valence-electron chi connectivity index (χ4n) is 1.99. The zero-order chi connectivity index (χ0) is 10.8. The molecular weight excluding hydrogens is 194 g/mol. The number of aromatic nitrogens is 2. The lowest BCUT2D eigenvalue weighted by molar-refractivity contribution is 0.0689. The van der Waals surface area contributed by atoms with E-state index < -0.39 is 5.97 Å². The molecule has 0 amide bonds. The highest BCUT2D eigenvalue weighted by atomic mass is 16.4. The summed E-state index contributed by atoms with van der Waals surface area (Å²) in [6.07, 6.45) is 2.96. The van der Waals surface area contributed by atoms with Crippen molar-refractivity contribution in [2.75, 3.05) is 0 Å². The number of nitrogens with zero attached hydrogens (tertiary/aromatic N) is 3. The van der Waals surface area contributed by atoms with Gasteiger partial charge in [0.05, 0.1) is 18.2 Å². The Morgan fingerprint density at radius 1 is 1.60 bits per heavy atom. The fourth-order valence-corrected chi connectivity index (χ4v) is 1.99. The molecule has 0 saturated carbocycles. The largest absolute Gasteiger partial charge is 0.476 e. The second-order valence-electron chi connectivity index (χ2n) is 3.57. The molecule has 0 bridgehead atoms. The molecule has 1 aliphatic heterocycles. The van der Waals surface area contributed by atoms with Gasteiger partial charge in [-0.15, -0.1) is 0 Å². The summed E-state index contributed by atoms with van der Waals surface area (Å²) in [6.45, 7) is 0.784. The second kappa shape index (κ2) is 3.73. The Morgan fingerprint density at radius 3 is 3.07 bits per heavy atom. The number of aromatic carboxylic acids is 1. The molecule has 1 aromatic rings. The van der Waals surface area contributed by atoms with Gasteiger partial charge < -0.3 is 9.67 Å². The van der Waals surface area contributed by atoms with Gasteiger partial charge >= 0.3 is 5.97 Å². The first-order valence-electron chi connectivity index (χ1n) is 4.92. The Kier molecular flexibility index (Phi) is 2.42. The first kappa shape index (κ1) is 9.71. The van der Waals surface area contributed by atoms with E-state index in [1.165, 1.54) is 0 Å². The molecule has 0 aliphatic carbocycles. The summed E-state index contributed by atoms with van der Waals surface area (Å²) in [4.78, 5) is 15.0. The van der Waals surface area contributed by atoms with Crippen LogP contribution in [0.3, 0.4) is 0 Å². The molecule has 2 heterocycles. The van der Waals surface area contributed by atoms with E-state index in [0.29, 0.717) is 5.82 Å². The Morgan fingerprint density at radius 2 is 2.40 bits per heavy atom. The summed E-state index contributed by atoms with van der Waals surface area (Å²) in [6, 6.07) is 2.01. The minimum Gasteiger partial charge on any atom is -0.476 e. The van der Waals surface area contributed by atoms with E-state index in [0.717, 1.165) is 31.5 Å². The molecule has 15 heavy (non-hydrogen) atoms. The number of hydrogen-bond acceptors (Lipinski definition) is 3. The Hall–Kier alpha value is -1.83. The maximum Gasteiger partial charge on any atom is 0.356 e. The topological polar surface area (TPSA) is 78.9 Å². The predicted octanol–water partition coefficient (Wildman–Crippen LogP) is 0.984. The quantitative estimate of drug-likeness (QED) is 0.780. The Labute approximate surface area is 87.0 Å². The number of nitriles is 1. The van der Waals surface area contributed by atoms with Crippen molar-refractivity contribution in [1.29, 1.82) is 5.26 Å². The minimum absolute atomic E-state index is 0.125. The van der Waals surface area contributed by atoms with Gasteiger partial charge in [-0.1, -0.05) is 0 Å². The van der Waals surface area contributed by atoms with Gasteiger partial charge in [0, 0.05) is 6.54 Å². The third-order valence-electron chi connectivity index (χ3n) is 2.64. The molecule has 78 valence electrons. The van der Waals surface area contributed by atoms with Crippen LogP contribution in [0.25, 0.3) is 0 Å². The van der Waals surface area contributed by atoms with Gasteiger partial charge in [-0.05, 0) is 19.3 Å². The van der Waals surface area contributed by atoms with E-state index in [-0.39, 0.29) is 12.1 Å². The van der Waals surface area contributed by atoms with Gasteiger partial charge in [0.1, 0.15) is 5.82 Å². The Balaban J connectivity index is 2.50. The SMILES string of the molecule is N#CCc1nc(C(=O)O)c2n1CCCC2. The number of imidazole rings is 1. The maximum absolute atomic E-state index is 10.9. The van der Waals surface area contributed by atoms with Crippen LogP contribution in [-0.4, -0.2) is 20.6 Å². The summed E-state index contributed by atoms with van der Waals surface area (Å²) in [5, 5.41) is 17.6. The third-order valence-corrected chi connectivity index (χ3v) is 2.64. The number of hydrogen-bond donors (Lipinski definition) is 1. The predicted molar refractivity (Wildman–Crippen MR) is 51.4 cm³/mol. The van der Waals surface area contributed by atoms with Crippen LogP contribution in [0.4, 0.5) is 0 Å². The van der Waals surface area contributed by atoms with Gasteiger partial charge in [0.2, 0.25) is 0 Å². The molecule has 5 heteroatoms. The van der Waals surface area contributed by atoms with Crippen LogP contribution < -0.4 is 0 Å². The highest BCUT2D eigenvalue weighted by Gasteiger charge is 2.23. The lowest BCUT2D eigenvalue weighted by Gasteiger charge is -2.15. The number of rotatable bonds is 2. The molecule has 0 radical (unpaired) electrons. The van der Waals surface area contributed by atoms with Crippen molar-refractivity contribution in [2.24, 2.45) is 0 Å². The molecule has 1 aliphatic rings. The smallest absolute Gasteiger partial charge is 0.356 e. The lowest BCUT2D eigenvalue weighted by Crippen LogP contribution is -2.14. The number of carboxylic acid groups (broad SMARTS) is 1. The Bertz CT molecular complexity index is 442. The zero-order valence-electron chi connectivity index (χ0n) is 8.23. The second-order valence-corrected chi connectivity index (χ2v) is 3.57. The van der Waals surface area contributed by atoms with Crippen molar-refractivity contribution in [1.82, 2.24) is 9.55 Å². The molecule has 1 aromatic heterocycles. The van der Waals surface area contributed by atoms with Crippen molar-refractivity contribution >= 4 is 5.97 Å². The van der Waals surface area contributed by atoms with Crippen molar-refractivity contribution in [3.63, 3.8) is 0 Å². The summed E-state index contributed by atoms with van der Waals surface area (Å²) in [5.41, 5.74) is 0.902. The molecule has 2 rings (SSSR count). The van der Waals surface area contributed by atoms with E-state index in [1.807, 2.05) is 10.6 Å². The summed E-state index contributed by atoms with van der Waals surface area (Å²) >= 11 is 0. The van der Waals surface area contributed by atoms with Gasteiger partial charge in [0.15, 0.2) is 5.69 Å². The van der Waals surface area contributed by atoms with Crippen molar-refractivity contribution in [3.05, 3.63) is 17.2 Å². The fraction of sp³-hybridized carbons (Fsp3) is 0.500. The van der Waals surface area contributed by atoms with Crippen LogP contribution in [0, 0.1) is 11.3 Å². The van der Waals surface area contributed by atoms with E-state index in [2.05, 4.69) is 4.98 Å². The average molecular weight is 205 g/mol. The van der Waals surface area contributed by atoms with Crippen LogP contribution >= 0.6 is 0 Å². The maximum atomic E-state index is 10.9. The molecule has 0 spiro atoms. The highest BCUT2D eigenvalue weighted by molar-refractivity contribution is 5.87. The first-order chi connectivity index (χ1) is 7.24. The molecule has 0 unspecified atom stereocenters. The lowest BCUT2D eigenvalue weighted by atomic mass is 10.1. The highest BCUT2D eigenvalue weighted by Crippen LogP contribution is 2.21. The molecule has 0 atom stereocenters. The summed E-state index contributed by atoms with van der Waals surface area (Å²) in [5.74, 6) is -0.408. The van der Waals surface area contributed by atoms with Crippen LogP contribution in [0.15, 0.2) is 0 Å². The average Bonchev–Trinajstić information content (AvgIpc) is 2.59. The molecule has 0 fully saturated rings. The van der Waals surface area contributed by atoms with E-state index in [1.54, 1.807) is 0 Å². The van der Waals surface area contributed by atoms with E-state index in [9.17, 15) is 4.79 Å².